The van der Waals surface area contributed by atoms with Gasteiger partial charge >= 0.3 is 0 Å². The van der Waals surface area contributed by atoms with Crippen molar-refractivity contribution in [1.29, 1.82) is 0 Å². The Balaban J connectivity index is 1.12. The van der Waals surface area contributed by atoms with Crippen LogP contribution in [-0.2, 0) is 0 Å². The molecule has 0 unspecified atom stereocenters. The van der Waals surface area contributed by atoms with Crippen molar-refractivity contribution in [2.24, 2.45) is 0 Å². The maximum atomic E-state index is 12.9. The number of piperidine rings is 1. The van der Waals surface area contributed by atoms with Crippen molar-refractivity contribution in [3.63, 3.8) is 0 Å². The lowest BCUT2D eigenvalue weighted by atomic mass is 9.96. The van der Waals surface area contributed by atoms with Gasteiger partial charge in [-0.1, -0.05) is 5.16 Å². The number of rotatable bonds is 3. The van der Waals surface area contributed by atoms with Crippen LogP contribution in [0.4, 0.5) is 0 Å². The van der Waals surface area contributed by atoms with Gasteiger partial charge < -0.3 is 28.4 Å². The zero-order valence-corrected chi connectivity index (χ0v) is 16.6. The Hall–Kier alpha value is -3.75. The number of hydrogen-bond acceptors (Lipinski definition) is 8. The normalized spacial score (nSPS) is 17.2. The number of carbonyl (C=O) groups excluding carboxylic acids is 1. The second-order valence-electron chi connectivity index (χ2n) is 7.66. The summed E-state index contributed by atoms with van der Waals surface area (Å²) in [6.45, 7) is 1.66. The molecule has 6 rings (SSSR count). The van der Waals surface area contributed by atoms with E-state index in [1.54, 1.807) is 18.2 Å². The van der Waals surface area contributed by atoms with Gasteiger partial charge in [0, 0.05) is 30.1 Å². The molecule has 1 amide bonds. The summed E-state index contributed by atoms with van der Waals surface area (Å²) in [7, 11) is 0. The van der Waals surface area contributed by atoms with E-state index in [-0.39, 0.29) is 25.4 Å². The van der Waals surface area contributed by atoms with Gasteiger partial charge in [-0.05, 0) is 49.2 Å². The number of ether oxygens (including phenoxy) is 4. The molecule has 9 nitrogen and oxygen atoms in total. The zero-order valence-electron chi connectivity index (χ0n) is 16.6. The summed E-state index contributed by atoms with van der Waals surface area (Å²) in [4.78, 5) is 19.3. The second-order valence-corrected chi connectivity index (χ2v) is 7.66. The Labute approximate surface area is 177 Å². The van der Waals surface area contributed by atoms with Gasteiger partial charge in [0.25, 0.3) is 5.91 Å². The fraction of sp³-hybridized carbons (Fsp3) is 0.318. The number of aromatic nitrogens is 2. The Morgan fingerprint density at radius 1 is 0.871 bits per heavy atom. The van der Waals surface area contributed by atoms with E-state index in [0.29, 0.717) is 53.4 Å². The van der Waals surface area contributed by atoms with Crippen LogP contribution in [0.15, 0.2) is 40.9 Å². The lowest BCUT2D eigenvalue weighted by Gasteiger charge is -2.30. The minimum Gasteiger partial charge on any atom is -0.454 e. The summed E-state index contributed by atoms with van der Waals surface area (Å²) in [6, 6.07) is 10.9. The van der Waals surface area contributed by atoms with E-state index in [2.05, 4.69) is 10.1 Å². The van der Waals surface area contributed by atoms with Crippen LogP contribution in [-0.4, -0.2) is 47.6 Å². The van der Waals surface area contributed by atoms with E-state index < -0.39 is 0 Å². The maximum absolute atomic E-state index is 12.9. The third kappa shape index (κ3) is 3.22. The van der Waals surface area contributed by atoms with Crippen LogP contribution in [0.2, 0.25) is 0 Å². The van der Waals surface area contributed by atoms with Gasteiger partial charge in [-0.3, -0.25) is 4.79 Å². The molecule has 2 aromatic carbocycles. The smallest absolute Gasteiger partial charge is 0.253 e. The van der Waals surface area contributed by atoms with E-state index in [1.165, 1.54) is 0 Å². The summed E-state index contributed by atoms with van der Waals surface area (Å²) in [5, 5.41) is 4.13. The quantitative estimate of drug-likeness (QED) is 0.636. The first-order valence-corrected chi connectivity index (χ1v) is 10.2. The van der Waals surface area contributed by atoms with E-state index in [0.717, 1.165) is 18.4 Å². The molecule has 0 spiro atoms. The molecule has 1 aromatic heterocycles. The Morgan fingerprint density at radius 3 is 2.32 bits per heavy atom. The third-order valence-electron chi connectivity index (χ3n) is 5.82. The zero-order chi connectivity index (χ0) is 20.8. The van der Waals surface area contributed by atoms with Crippen LogP contribution in [0, 0.1) is 0 Å². The highest BCUT2D eigenvalue weighted by Gasteiger charge is 2.29. The standard InChI is InChI=1S/C22H19N3O6/c26-22(15-2-4-17-19(10-15)30-12-28-17)25-7-5-13(6-8-25)21-23-20(24-31-21)14-1-3-16-18(9-14)29-11-27-16/h1-4,9-10,13H,5-8,11-12H2. The third-order valence-corrected chi connectivity index (χ3v) is 5.82. The minimum absolute atomic E-state index is 0.0108. The molecular weight excluding hydrogens is 402 g/mol. The monoisotopic (exact) mass is 421 g/mol. The Kier molecular flexibility index (Phi) is 4.19. The highest BCUT2D eigenvalue weighted by atomic mass is 16.7. The SMILES string of the molecule is O=C(c1ccc2c(c1)OCO2)N1CCC(c2nc(-c3ccc4c(c3)OCO4)no2)CC1. The summed E-state index contributed by atoms with van der Waals surface area (Å²) in [5.74, 6) is 3.91. The highest BCUT2D eigenvalue weighted by molar-refractivity contribution is 5.95. The van der Waals surface area contributed by atoms with E-state index in [1.807, 2.05) is 23.1 Å². The molecule has 3 aliphatic heterocycles. The van der Waals surface area contributed by atoms with E-state index >= 15 is 0 Å². The summed E-state index contributed by atoms with van der Waals surface area (Å²) in [6.07, 6.45) is 1.53. The average Bonchev–Trinajstić information content (AvgIpc) is 3.58. The minimum atomic E-state index is -0.0108. The van der Waals surface area contributed by atoms with Crippen molar-refractivity contribution in [2.45, 2.75) is 18.8 Å². The molecule has 0 saturated carbocycles. The van der Waals surface area contributed by atoms with E-state index in [9.17, 15) is 4.79 Å². The van der Waals surface area contributed by atoms with Crippen LogP contribution in [0.1, 0.15) is 35.0 Å². The van der Waals surface area contributed by atoms with Gasteiger partial charge in [0.2, 0.25) is 25.3 Å². The fourth-order valence-corrected chi connectivity index (χ4v) is 4.10. The van der Waals surface area contributed by atoms with Gasteiger partial charge in [0.05, 0.1) is 0 Å². The molecule has 31 heavy (non-hydrogen) atoms. The Bertz CT molecular complexity index is 1150. The topological polar surface area (TPSA) is 96.2 Å². The Morgan fingerprint density at radius 2 is 1.55 bits per heavy atom. The number of fused-ring (bicyclic) bond motifs is 2. The number of carbonyl (C=O) groups is 1. The number of likely N-dealkylation sites (tertiary alicyclic amines) is 1. The first-order chi connectivity index (χ1) is 15.2. The molecular formula is C22H19N3O6. The van der Waals surface area contributed by atoms with Gasteiger partial charge in [-0.25, -0.2) is 0 Å². The number of nitrogens with zero attached hydrogens (tertiary/aromatic N) is 3. The lowest BCUT2D eigenvalue weighted by molar-refractivity contribution is 0.0704. The van der Waals surface area contributed by atoms with Gasteiger partial charge in [-0.15, -0.1) is 0 Å². The van der Waals surface area contributed by atoms with Gasteiger partial charge in [0.1, 0.15) is 0 Å². The van der Waals surface area contributed by atoms with Crippen molar-refractivity contribution >= 4 is 5.91 Å². The van der Waals surface area contributed by atoms with Crippen LogP contribution < -0.4 is 18.9 Å². The lowest BCUT2D eigenvalue weighted by Crippen LogP contribution is -2.38. The summed E-state index contributed by atoms with van der Waals surface area (Å²) >= 11 is 0. The predicted molar refractivity (Wildman–Crippen MR) is 106 cm³/mol. The highest BCUT2D eigenvalue weighted by Crippen LogP contribution is 2.36. The molecule has 3 aromatic rings. The van der Waals surface area contributed by atoms with Crippen molar-refractivity contribution < 1.29 is 28.3 Å². The van der Waals surface area contributed by atoms with Crippen molar-refractivity contribution in [3.05, 3.63) is 47.9 Å². The number of benzene rings is 2. The van der Waals surface area contributed by atoms with Gasteiger partial charge in [-0.2, -0.15) is 4.98 Å². The molecule has 0 radical (unpaired) electrons. The number of amides is 1. The molecule has 158 valence electrons. The largest absolute Gasteiger partial charge is 0.454 e. The predicted octanol–water partition coefficient (Wildman–Crippen LogP) is 3.21. The molecule has 1 saturated heterocycles. The second kappa shape index (κ2) is 7.19. The fourth-order valence-electron chi connectivity index (χ4n) is 4.10. The molecule has 0 aliphatic carbocycles. The van der Waals surface area contributed by atoms with Crippen molar-refractivity contribution in [1.82, 2.24) is 15.0 Å². The molecule has 0 atom stereocenters. The van der Waals surface area contributed by atoms with Crippen LogP contribution >= 0.6 is 0 Å². The summed E-state index contributed by atoms with van der Waals surface area (Å²) in [5.41, 5.74) is 1.42. The number of hydrogen-bond donors (Lipinski definition) is 0. The van der Waals surface area contributed by atoms with Crippen molar-refractivity contribution in [2.75, 3.05) is 26.7 Å². The van der Waals surface area contributed by atoms with Gasteiger partial charge in [0.15, 0.2) is 23.0 Å². The molecule has 1 fully saturated rings. The summed E-state index contributed by atoms with van der Waals surface area (Å²) < 4.78 is 27.0. The molecule has 9 heteroatoms. The van der Waals surface area contributed by atoms with E-state index in [4.69, 9.17) is 23.5 Å². The van der Waals surface area contributed by atoms with Crippen LogP contribution in [0.25, 0.3) is 11.4 Å². The van der Waals surface area contributed by atoms with Crippen LogP contribution in [0.3, 0.4) is 0 Å². The van der Waals surface area contributed by atoms with Crippen molar-refractivity contribution in [3.8, 4) is 34.4 Å². The molecule has 4 heterocycles. The molecule has 0 bridgehead atoms. The average molecular weight is 421 g/mol. The molecule has 3 aliphatic rings. The molecule has 0 N–H and O–H groups in total. The van der Waals surface area contributed by atoms with Crippen LogP contribution in [0.5, 0.6) is 23.0 Å². The maximum Gasteiger partial charge on any atom is 0.253 e. The first kappa shape index (κ1) is 18.1. The first-order valence-electron chi connectivity index (χ1n) is 10.2.